The normalized spacial score (nSPS) is 30.8. The first-order valence-electron chi connectivity index (χ1n) is 7.45. The lowest BCUT2D eigenvalue weighted by atomic mass is 10.0. The number of likely N-dealkylation sites (tertiary alicyclic amines) is 1. The Morgan fingerprint density at radius 2 is 2.30 bits per heavy atom. The Morgan fingerprint density at radius 3 is 2.90 bits per heavy atom. The Morgan fingerprint density at radius 1 is 1.55 bits per heavy atom. The molecule has 3 N–H and O–H groups in total. The minimum absolute atomic E-state index is 0.0329. The van der Waals surface area contributed by atoms with Gasteiger partial charge < -0.3 is 15.2 Å². The van der Waals surface area contributed by atoms with E-state index in [4.69, 9.17) is 4.74 Å². The van der Waals surface area contributed by atoms with E-state index in [9.17, 15) is 9.90 Å². The quantitative estimate of drug-likeness (QED) is 0.710. The highest BCUT2D eigenvalue weighted by Crippen LogP contribution is 2.20. The van der Waals surface area contributed by atoms with Crippen LogP contribution in [-0.4, -0.2) is 59.6 Å². The number of hydrogen-bond donors (Lipinski definition) is 3. The highest BCUT2D eigenvalue weighted by atomic mass is 16.6. The fraction of sp³-hybridized carbons (Fsp3) is 0.929. The molecule has 2 heterocycles. The van der Waals surface area contributed by atoms with Crippen molar-refractivity contribution in [3.05, 3.63) is 0 Å². The lowest BCUT2D eigenvalue weighted by molar-refractivity contribution is 0.0136. The summed E-state index contributed by atoms with van der Waals surface area (Å²) in [5.74, 6) is 0. The zero-order valence-corrected chi connectivity index (χ0v) is 12.7. The van der Waals surface area contributed by atoms with Crippen LogP contribution in [0.1, 0.15) is 40.0 Å². The maximum atomic E-state index is 12.1. The number of nitrogens with one attached hydrogen (secondary N) is 2. The molecule has 2 aliphatic rings. The molecule has 116 valence electrons. The third kappa shape index (κ3) is 4.07. The van der Waals surface area contributed by atoms with Gasteiger partial charge in [0.1, 0.15) is 5.60 Å². The molecule has 20 heavy (non-hydrogen) atoms. The van der Waals surface area contributed by atoms with Crippen molar-refractivity contribution in [2.45, 2.75) is 57.4 Å². The van der Waals surface area contributed by atoms with E-state index in [1.165, 1.54) is 0 Å². The molecule has 2 fully saturated rings. The van der Waals surface area contributed by atoms with Gasteiger partial charge in [-0.25, -0.2) is 4.79 Å². The molecule has 1 amide bonds. The summed E-state index contributed by atoms with van der Waals surface area (Å²) in [6.07, 6.45) is 2.31. The zero-order valence-electron chi connectivity index (χ0n) is 12.7. The van der Waals surface area contributed by atoms with Gasteiger partial charge in [-0.1, -0.05) is 0 Å². The smallest absolute Gasteiger partial charge is 0.411 e. The zero-order chi connectivity index (χ0) is 14.8. The van der Waals surface area contributed by atoms with E-state index in [-0.39, 0.29) is 12.3 Å². The Kier molecular flexibility index (Phi) is 4.56. The minimum atomic E-state index is -0.692. The second-order valence-electron chi connectivity index (χ2n) is 6.86. The molecule has 0 aromatic carbocycles. The van der Waals surface area contributed by atoms with Crippen LogP contribution in [-0.2, 0) is 4.74 Å². The average Bonchev–Trinajstić information content (AvgIpc) is 2.93. The third-order valence-electron chi connectivity index (χ3n) is 3.77. The van der Waals surface area contributed by atoms with Gasteiger partial charge in [-0.3, -0.25) is 10.2 Å². The maximum Gasteiger partial charge on any atom is 0.411 e. The fourth-order valence-corrected chi connectivity index (χ4v) is 2.71. The highest BCUT2D eigenvalue weighted by Gasteiger charge is 2.35. The Hall–Kier alpha value is -0.850. The fourth-order valence-electron chi connectivity index (χ4n) is 2.71. The number of β-amino-alcohol motifs (C(OH)–C–C–N with tert-alkyl or cyclic N) is 1. The van der Waals surface area contributed by atoms with E-state index in [1.807, 2.05) is 20.8 Å². The summed E-state index contributed by atoms with van der Waals surface area (Å²) < 4.78 is 5.42. The number of ether oxygens (including phenoxy) is 1. The standard InChI is InChI=1S/C14H27N3O3/c1-13(2,3)20-12(18)17-8-4-5-11(17)16-10-14(19)6-7-15-9-14/h11,15-16,19H,4-10H2,1-3H3. The van der Waals surface area contributed by atoms with Gasteiger partial charge in [0.2, 0.25) is 0 Å². The van der Waals surface area contributed by atoms with Gasteiger partial charge in [-0.05, 0) is 46.6 Å². The number of nitrogens with zero attached hydrogens (tertiary/aromatic N) is 1. The molecule has 2 saturated heterocycles. The monoisotopic (exact) mass is 285 g/mol. The second-order valence-corrected chi connectivity index (χ2v) is 6.86. The van der Waals surface area contributed by atoms with E-state index in [2.05, 4.69) is 10.6 Å². The molecule has 6 nitrogen and oxygen atoms in total. The van der Waals surface area contributed by atoms with Crippen molar-refractivity contribution in [1.82, 2.24) is 15.5 Å². The van der Waals surface area contributed by atoms with Gasteiger partial charge in [0, 0.05) is 19.6 Å². The number of carbonyl (C=O) groups excluding carboxylic acids is 1. The lowest BCUT2D eigenvalue weighted by Gasteiger charge is -2.31. The van der Waals surface area contributed by atoms with Crippen LogP contribution in [0.2, 0.25) is 0 Å². The van der Waals surface area contributed by atoms with Crippen molar-refractivity contribution < 1.29 is 14.6 Å². The first-order chi connectivity index (χ1) is 9.29. The van der Waals surface area contributed by atoms with Gasteiger partial charge in [0.15, 0.2) is 0 Å². The number of aliphatic hydroxyl groups is 1. The molecule has 0 bridgehead atoms. The van der Waals surface area contributed by atoms with Crippen LogP contribution in [0.15, 0.2) is 0 Å². The molecule has 0 aliphatic carbocycles. The summed E-state index contributed by atoms with van der Waals surface area (Å²) >= 11 is 0. The first-order valence-corrected chi connectivity index (χ1v) is 7.45. The van der Waals surface area contributed by atoms with Crippen LogP contribution in [0.3, 0.4) is 0 Å². The second kappa shape index (κ2) is 5.87. The Balaban J connectivity index is 1.85. The van der Waals surface area contributed by atoms with Crippen LogP contribution in [0.25, 0.3) is 0 Å². The molecule has 2 rings (SSSR count). The van der Waals surface area contributed by atoms with Gasteiger partial charge in [-0.15, -0.1) is 0 Å². The van der Waals surface area contributed by atoms with Crippen LogP contribution < -0.4 is 10.6 Å². The van der Waals surface area contributed by atoms with E-state index >= 15 is 0 Å². The molecule has 2 atom stereocenters. The predicted octanol–water partition coefficient (Wildman–Crippen LogP) is 0.657. The minimum Gasteiger partial charge on any atom is -0.444 e. The molecule has 0 spiro atoms. The summed E-state index contributed by atoms with van der Waals surface area (Å²) in [6, 6.07) is 0. The average molecular weight is 285 g/mol. The molecule has 0 aromatic rings. The summed E-state index contributed by atoms with van der Waals surface area (Å²) in [7, 11) is 0. The van der Waals surface area contributed by atoms with Crippen LogP contribution in [0.5, 0.6) is 0 Å². The summed E-state index contributed by atoms with van der Waals surface area (Å²) in [5.41, 5.74) is -1.17. The Bertz CT molecular complexity index is 348. The van der Waals surface area contributed by atoms with Crippen molar-refractivity contribution in [2.24, 2.45) is 0 Å². The van der Waals surface area contributed by atoms with Gasteiger partial charge >= 0.3 is 6.09 Å². The number of amides is 1. The third-order valence-corrected chi connectivity index (χ3v) is 3.77. The number of hydrogen-bond acceptors (Lipinski definition) is 5. The number of carbonyl (C=O) groups is 1. The molecule has 2 aliphatic heterocycles. The van der Waals surface area contributed by atoms with E-state index < -0.39 is 11.2 Å². The summed E-state index contributed by atoms with van der Waals surface area (Å²) in [4.78, 5) is 13.9. The molecular formula is C14H27N3O3. The van der Waals surface area contributed by atoms with Gasteiger partial charge in [-0.2, -0.15) is 0 Å². The molecule has 0 aromatic heterocycles. The van der Waals surface area contributed by atoms with Crippen molar-refractivity contribution in [3.8, 4) is 0 Å². The van der Waals surface area contributed by atoms with E-state index in [1.54, 1.807) is 4.90 Å². The molecule has 6 heteroatoms. The van der Waals surface area contributed by atoms with Gasteiger partial charge in [0.05, 0.1) is 11.8 Å². The van der Waals surface area contributed by atoms with Crippen LogP contribution in [0.4, 0.5) is 4.79 Å². The molecule has 2 unspecified atom stereocenters. The molecule has 0 radical (unpaired) electrons. The van der Waals surface area contributed by atoms with E-state index in [0.717, 1.165) is 25.8 Å². The molecular weight excluding hydrogens is 258 g/mol. The Labute approximate surface area is 120 Å². The summed E-state index contributed by atoms with van der Waals surface area (Å²) in [5, 5.41) is 16.8. The van der Waals surface area contributed by atoms with Crippen molar-refractivity contribution in [1.29, 1.82) is 0 Å². The largest absolute Gasteiger partial charge is 0.444 e. The topological polar surface area (TPSA) is 73.8 Å². The predicted molar refractivity (Wildman–Crippen MR) is 76.4 cm³/mol. The van der Waals surface area contributed by atoms with Gasteiger partial charge in [0.25, 0.3) is 0 Å². The van der Waals surface area contributed by atoms with E-state index in [0.29, 0.717) is 19.6 Å². The highest BCUT2D eigenvalue weighted by molar-refractivity contribution is 5.68. The molecule has 0 saturated carbocycles. The van der Waals surface area contributed by atoms with Crippen molar-refractivity contribution >= 4 is 6.09 Å². The SMILES string of the molecule is CC(C)(C)OC(=O)N1CCCC1NCC1(O)CCNC1. The van der Waals surface area contributed by atoms with Crippen LogP contribution >= 0.6 is 0 Å². The lowest BCUT2D eigenvalue weighted by Crippen LogP contribution is -2.52. The van der Waals surface area contributed by atoms with Crippen LogP contribution in [0, 0.1) is 0 Å². The number of rotatable bonds is 3. The van der Waals surface area contributed by atoms with Crippen molar-refractivity contribution in [2.75, 3.05) is 26.2 Å². The maximum absolute atomic E-state index is 12.1. The van der Waals surface area contributed by atoms with Crippen molar-refractivity contribution in [3.63, 3.8) is 0 Å². The summed E-state index contributed by atoms with van der Waals surface area (Å²) in [6.45, 7) is 8.29. The first kappa shape index (κ1) is 15.5.